The van der Waals surface area contributed by atoms with Crippen molar-refractivity contribution in [2.24, 2.45) is 5.73 Å². The fraction of sp³-hybridized carbons (Fsp3) is 0.214. The van der Waals surface area contributed by atoms with Gasteiger partial charge in [0.25, 0.3) is 5.95 Å². The molecule has 41 heavy (non-hydrogen) atoms. The first-order chi connectivity index (χ1) is 19.8. The molecular formula is C28H28N8O5. The molecule has 0 spiro atoms. The minimum absolute atomic E-state index is 0.0889. The summed E-state index contributed by atoms with van der Waals surface area (Å²) in [7, 11) is 0. The summed E-state index contributed by atoms with van der Waals surface area (Å²) >= 11 is 0. The summed E-state index contributed by atoms with van der Waals surface area (Å²) in [4.78, 5) is 35.7. The monoisotopic (exact) mass is 556 g/mol. The predicted molar refractivity (Wildman–Crippen MR) is 150 cm³/mol. The van der Waals surface area contributed by atoms with Crippen LogP contribution in [-0.2, 0) is 9.53 Å². The Labute approximate surface area is 234 Å². The van der Waals surface area contributed by atoms with Crippen LogP contribution in [-0.4, -0.2) is 55.9 Å². The van der Waals surface area contributed by atoms with Gasteiger partial charge in [0.15, 0.2) is 5.82 Å². The smallest absolute Gasteiger partial charge is 0.350 e. The lowest BCUT2D eigenvalue weighted by Gasteiger charge is -2.21. The van der Waals surface area contributed by atoms with Gasteiger partial charge in [0.1, 0.15) is 29.5 Å². The summed E-state index contributed by atoms with van der Waals surface area (Å²) in [5.74, 6) is 0.237. The highest BCUT2D eigenvalue weighted by atomic mass is 16.5. The van der Waals surface area contributed by atoms with Crippen molar-refractivity contribution in [3.05, 3.63) is 94.4 Å². The molecule has 0 amide bonds. The SMILES string of the molecule is C=Cc1cc(O[C@H]2CCOC2)cc(C(Nc2ccc(C(=N)N)c(OC(C)=O)c2)c2nn(-c3ncccn3)c(=O)[nH]2)c1. The van der Waals surface area contributed by atoms with Crippen molar-refractivity contribution in [3.63, 3.8) is 0 Å². The van der Waals surface area contributed by atoms with Gasteiger partial charge in [-0.3, -0.25) is 15.2 Å². The molecule has 0 saturated carbocycles. The molecule has 2 aromatic carbocycles. The molecule has 5 rings (SSSR count). The minimum atomic E-state index is -0.733. The van der Waals surface area contributed by atoms with E-state index >= 15 is 0 Å². The summed E-state index contributed by atoms with van der Waals surface area (Å²) in [6.45, 7) is 6.29. The van der Waals surface area contributed by atoms with Crippen LogP contribution in [0.25, 0.3) is 12.0 Å². The van der Waals surface area contributed by atoms with E-state index in [4.69, 9.17) is 25.4 Å². The van der Waals surface area contributed by atoms with E-state index in [0.29, 0.717) is 30.2 Å². The number of nitrogens with one attached hydrogen (secondary N) is 3. The van der Waals surface area contributed by atoms with Crippen LogP contribution in [0.4, 0.5) is 5.69 Å². The molecule has 1 fully saturated rings. The summed E-state index contributed by atoms with van der Waals surface area (Å²) < 4.78 is 18.0. The molecule has 1 unspecified atom stereocenters. The highest BCUT2D eigenvalue weighted by Crippen LogP contribution is 2.32. The number of carbonyl (C=O) groups excluding carboxylic acids is 1. The first kappa shape index (κ1) is 27.3. The number of ether oxygens (including phenoxy) is 3. The maximum absolute atomic E-state index is 12.9. The highest BCUT2D eigenvalue weighted by molar-refractivity contribution is 5.98. The van der Waals surface area contributed by atoms with Crippen LogP contribution < -0.4 is 26.2 Å². The Balaban J connectivity index is 1.60. The van der Waals surface area contributed by atoms with Crippen LogP contribution in [0.5, 0.6) is 11.5 Å². The number of anilines is 1. The predicted octanol–water partition coefficient (Wildman–Crippen LogP) is 2.57. The molecule has 1 aliphatic rings. The van der Waals surface area contributed by atoms with Crippen molar-refractivity contribution >= 4 is 23.6 Å². The van der Waals surface area contributed by atoms with Crippen LogP contribution in [0.2, 0.25) is 0 Å². The van der Waals surface area contributed by atoms with Gasteiger partial charge in [-0.25, -0.2) is 14.8 Å². The number of hydrogen-bond donors (Lipinski definition) is 4. The number of aromatic amines is 1. The van der Waals surface area contributed by atoms with Crippen molar-refractivity contribution in [2.75, 3.05) is 18.5 Å². The number of benzene rings is 2. The molecule has 0 bridgehead atoms. The molecule has 1 aliphatic heterocycles. The lowest BCUT2D eigenvalue weighted by atomic mass is 10.0. The number of carbonyl (C=O) groups is 1. The van der Waals surface area contributed by atoms with E-state index in [-0.39, 0.29) is 35.0 Å². The highest BCUT2D eigenvalue weighted by Gasteiger charge is 2.24. The second-order valence-corrected chi connectivity index (χ2v) is 9.21. The second-order valence-electron chi connectivity index (χ2n) is 9.21. The van der Waals surface area contributed by atoms with Crippen molar-refractivity contribution in [3.8, 4) is 17.4 Å². The maximum Gasteiger partial charge on any atom is 0.350 e. The Hall–Kier alpha value is -5.30. The zero-order chi connectivity index (χ0) is 28.9. The van der Waals surface area contributed by atoms with Crippen molar-refractivity contribution in [1.29, 1.82) is 5.41 Å². The molecule has 0 aliphatic carbocycles. The fourth-order valence-corrected chi connectivity index (χ4v) is 4.35. The van der Waals surface area contributed by atoms with Gasteiger partial charge in [-0.15, -0.1) is 9.78 Å². The molecule has 13 heteroatoms. The van der Waals surface area contributed by atoms with E-state index in [1.165, 1.54) is 19.3 Å². The molecule has 210 valence electrons. The standard InChI is InChI=1S/C28H28N8O5/c1-3-17-11-18(13-21(12-17)41-20-7-10-39-15-20)24(26-34-28(38)36(35-26)27-31-8-4-9-32-27)33-19-5-6-22(25(29)30)23(14-19)40-16(2)37/h3-6,8-9,11-14,20,24,33H,1,7,10,15H2,2H3,(H3,29,30)(H,34,35,38)/t20-,24?/m0/s1. The number of amidine groups is 1. The first-order valence-electron chi connectivity index (χ1n) is 12.7. The van der Waals surface area contributed by atoms with E-state index < -0.39 is 17.7 Å². The zero-order valence-electron chi connectivity index (χ0n) is 22.2. The summed E-state index contributed by atoms with van der Waals surface area (Å²) in [5, 5.41) is 15.7. The molecule has 0 radical (unpaired) electrons. The largest absolute Gasteiger partial charge is 0.488 e. The quantitative estimate of drug-likeness (QED) is 0.0980. The van der Waals surface area contributed by atoms with Crippen molar-refractivity contribution in [2.45, 2.75) is 25.5 Å². The third-order valence-corrected chi connectivity index (χ3v) is 6.20. The minimum Gasteiger partial charge on any atom is -0.488 e. The van der Waals surface area contributed by atoms with Crippen LogP contribution in [0.15, 0.2) is 66.2 Å². The zero-order valence-corrected chi connectivity index (χ0v) is 22.2. The second kappa shape index (κ2) is 11.8. The molecular weight excluding hydrogens is 528 g/mol. The van der Waals surface area contributed by atoms with E-state index in [2.05, 4.69) is 31.9 Å². The van der Waals surface area contributed by atoms with Gasteiger partial charge >= 0.3 is 11.7 Å². The Kier molecular flexibility index (Phi) is 7.87. The van der Waals surface area contributed by atoms with E-state index in [9.17, 15) is 9.59 Å². The number of nitrogens with zero attached hydrogens (tertiary/aromatic N) is 4. The summed E-state index contributed by atoms with van der Waals surface area (Å²) in [6.07, 6.45) is 5.39. The van der Waals surface area contributed by atoms with Gasteiger partial charge in [0.05, 0.1) is 18.8 Å². The number of aromatic nitrogens is 5. The van der Waals surface area contributed by atoms with Crippen LogP contribution >= 0.6 is 0 Å². The Bertz CT molecular complexity index is 1640. The fourth-order valence-electron chi connectivity index (χ4n) is 4.35. The molecule has 4 aromatic rings. The van der Waals surface area contributed by atoms with Crippen molar-refractivity contribution < 1.29 is 19.0 Å². The Morgan fingerprint density at radius 3 is 2.78 bits per heavy atom. The van der Waals surface area contributed by atoms with Gasteiger partial charge in [-0.05, 0) is 47.5 Å². The van der Waals surface area contributed by atoms with Crippen LogP contribution in [0, 0.1) is 5.41 Å². The van der Waals surface area contributed by atoms with Gasteiger partial charge in [-0.2, -0.15) is 0 Å². The molecule has 5 N–H and O–H groups in total. The number of H-pyrrole nitrogens is 1. The van der Waals surface area contributed by atoms with E-state index in [1.807, 2.05) is 18.2 Å². The van der Waals surface area contributed by atoms with Gasteiger partial charge in [0.2, 0.25) is 0 Å². The average molecular weight is 557 g/mol. The number of hydrogen-bond acceptors (Lipinski definition) is 10. The lowest BCUT2D eigenvalue weighted by molar-refractivity contribution is -0.131. The third kappa shape index (κ3) is 6.31. The third-order valence-electron chi connectivity index (χ3n) is 6.20. The Morgan fingerprint density at radius 2 is 2.10 bits per heavy atom. The summed E-state index contributed by atoms with van der Waals surface area (Å²) in [6, 6.07) is 11.3. The average Bonchev–Trinajstić information content (AvgIpc) is 3.61. The number of esters is 1. The van der Waals surface area contributed by atoms with Gasteiger partial charge in [-0.1, -0.05) is 12.7 Å². The topological polar surface area (TPSA) is 183 Å². The molecule has 1 saturated heterocycles. The molecule has 2 atom stereocenters. The Morgan fingerprint density at radius 1 is 1.29 bits per heavy atom. The first-order valence-corrected chi connectivity index (χ1v) is 12.7. The van der Waals surface area contributed by atoms with Crippen LogP contribution in [0.1, 0.15) is 41.9 Å². The molecule has 13 nitrogen and oxygen atoms in total. The van der Waals surface area contributed by atoms with Crippen molar-refractivity contribution in [1.82, 2.24) is 24.7 Å². The van der Waals surface area contributed by atoms with E-state index in [1.54, 1.807) is 30.3 Å². The number of rotatable bonds is 10. The number of nitrogens with two attached hydrogens (primary N) is 1. The van der Waals surface area contributed by atoms with E-state index in [0.717, 1.165) is 16.7 Å². The van der Waals surface area contributed by atoms with Crippen LogP contribution in [0.3, 0.4) is 0 Å². The van der Waals surface area contributed by atoms with Gasteiger partial charge in [0, 0.05) is 37.5 Å². The normalized spacial score (nSPS) is 15.2. The maximum atomic E-state index is 12.9. The molecule has 2 aromatic heterocycles. The molecule has 3 heterocycles. The number of nitrogen functional groups attached to an aromatic ring is 1. The summed E-state index contributed by atoms with van der Waals surface area (Å²) in [5.41, 5.74) is 7.38. The lowest BCUT2D eigenvalue weighted by Crippen LogP contribution is -2.18. The van der Waals surface area contributed by atoms with Gasteiger partial charge < -0.3 is 25.3 Å².